The molecule has 0 aliphatic rings. The molecule has 2 N–H and O–H groups in total. The van der Waals surface area contributed by atoms with Crippen molar-refractivity contribution >= 4 is 0 Å². The van der Waals surface area contributed by atoms with E-state index < -0.39 is 0 Å². The Kier molecular flexibility index (Phi) is 1.55. The van der Waals surface area contributed by atoms with E-state index >= 15 is 0 Å². The molecule has 0 aliphatic heterocycles. The van der Waals surface area contributed by atoms with Gasteiger partial charge in [-0.25, -0.2) is 0 Å². The summed E-state index contributed by atoms with van der Waals surface area (Å²) in [5, 5.41) is 3.89. The predicted molar refractivity (Wildman–Crippen MR) is 47.8 cm³/mol. The van der Waals surface area contributed by atoms with Crippen molar-refractivity contribution in [3.63, 3.8) is 0 Å². The van der Waals surface area contributed by atoms with Crippen LogP contribution in [0.2, 0.25) is 0 Å². The first-order valence-corrected chi connectivity index (χ1v) is 3.71. The van der Waals surface area contributed by atoms with Gasteiger partial charge in [-0.3, -0.25) is 0 Å². The lowest BCUT2D eigenvalue weighted by Crippen LogP contribution is -2.06. The molecule has 0 fully saturated rings. The van der Waals surface area contributed by atoms with Gasteiger partial charge in [-0.15, -0.1) is 0 Å². The third-order valence-electron chi connectivity index (χ3n) is 1.71. The Morgan fingerprint density at radius 1 is 1.08 bits per heavy atom. The first-order valence-electron chi connectivity index (χ1n) is 3.71. The fourth-order valence-electron chi connectivity index (χ4n) is 1.12. The number of rotatable bonds is 1. The van der Waals surface area contributed by atoms with Crippen LogP contribution in [0.4, 0.5) is 0 Å². The first kappa shape index (κ1) is 6.91. The van der Waals surface area contributed by atoms with E-state index in [9.17, 15) is 0 Å². The van der Waals surface area contributed by atoms with Crippen LogP contribution in [0.25, 0.3) is 11.1 Å². The van der Waals surface area contributed by atoms with Crippen LogP contribution in [0.15, 0.2) is 42.7 Å². The summed E-state index contributed by atoms with van der Waals surface area (Å²) in [4.78, 5) is 1.31. The Labute approximate surface area is 70.4 Å². The van der Waals surface area contributed by atoms with Crippen LogP contribution in [0.5, 0.6) is 0 Å². The molecule has 0 radical (unpaired) electrons. The minimum atomic E-state index is 1.04. The number of nitrogen functional groups attached to an aromatic ring is 1. The number of hydrogen-bond donors (Lipinski definition) is 1. The van der Waals surface area contributed by atoms with Gasteiger partial charge >= 0.3 is 0 Å². The molecule has 0 atom stereocenters. The molecule has 0 spiro atoms. The molecule has 12 heavy (non-hydrogen) atoms. The predicted octanol–water partition coefficient (Wildman–Crippen LogP) is 1.26. The number of benzene rings is 1. The molecule has 1 aromatic heterocycles. The molecule has 2 aromatic rings. The van der Waals surface area contributed by atoms with Gasteiger partial charge in [-0.05, 0) is 5.56 Å². The van der Waals surface area contributed by atoms with E-state index in [1.807, 2.05) is 30.3 Å². The summed E-state index contributed by atoms with van der Waals surface area (Å²) >= 11 is 0. The Balaban J connectivity index is 2.45. The summed E-state index contributed by atoms with van der Waals surface area (Å²) in [5.41, 5.74) is 2.17. The fraction of sp³-hybridized carbons (Fsp3) is 0. The summed E-state index contributed by atoms with van der Waals surface area (Å²) < 4.78 is 0. The highest BCUT2D eigenvalue weighted by atomic mass is 15.5. The summed E-state index contributed by atoms with van der Waals surface area (Å²) in [7, 11) is 0. The molecular weight excluding hydrogens is 150 g/mol. The molecule has 0 aliphatic carbocycles. The van der Waals surface area contributed by atoms with E-state index in [4.69, 9.17) is 5.84 Å². The Hall–Kier alpha value is -1.77. The normalized spacial score (nSPS) is 10.0. The summed E-state index contributed by atoms with van der Waals surface area (Å²) in [6.45, 7) is 0. The lowest BCUT2D eigenvalue weighted by molar-refractivity contribution is 0.832. The summed E-state index contributed by atoms with van der Waals surface area (Å²) in [6, 6.07) is 10.0. The fourth-order valence-corrected chi connectivity index (χ4v) is 1.12. The van der Waals surface area contributed by atoms with Crippen LogP contribution in [-0.4, -0.2) is 9.89 Å². The highest BCUT2D eigenvalue weighted by Gasteiger charge is 1.97. The largest absolute Gasteiger partial charge is 0.323 e. The van der Waals surface area contributed by atoms with Crippen molar-refractivity contribution in [2.45, 2.75) is 0 Å². The molecule has 0 saturated heterocycles. The van der Waals surface area contributed by atoms with Crippen LogP contribution in [-0.2, 0) is 0 Å². The lowest BCUT2D eigenvalue weighted by Gasteiger charge is -1.93. The number of nitrogens with two attached hydrogens (primary N) is 1. The van der Waals surface area contributed by atoms with Crippen LogP contribution in [0.3, 0.4) is 0 Å². The van der Waals surface area contributed by atoms with Crippen molar-refractivity contribution in [2.75, 3.05) is 5.84 Å². The van der Waals surface area contributed by atoms with Crippen LogP contribution in [0, 0.1) is 0 Å². The van der Waals surface area contributed by atoms with Crippen molar-refractivity contribution < 1.29 is 0 Å². The summed E-state index contributed by atoms with van der Waals surface area (Å²) in [6.07, 6.45) is 3.53. The van der Waals surface area contributed by atoms with Gasteiger partial charge in [0.25, 0.3) is 0 Å². The zero-order valence-corrected chi connectivity index (χ0v) is 6.51. The third kappa shape index (κ3) is 1.16. The molecule has 1 aromatic carbocycles. The maximum absolute atomic E-state index is 5.42. The minimum absolute atomic E-state index is 1.04. The standard InChI is InChI=1S/C9H9N3/c10-12-7-9(6-11-12)8-4-2-1-3-5-8/h1-7H,10H2. The van der Waals surface area contributed by atoms with Gasteiger partial charge in [0.2, 0.25) is 0 Å². The summed E-state index contributed by atoms with van der Waals surface area (Å²) in [5.74, 6) is 5.42. The maximum Gasteiger partial charge on any atom is 0.0589 e. The number of nitrogens with zero attached hydrogens (tertiary/aromatic N) is 2. The molecule has 60 valence electrons. The molecular formula is C9H9N3. The SMILES string of the molecule is Nn1cc(-c2ccccc2)cn1. The van der Waals surface area contributed by atoms with Crippen molar-refractivity contribution in [1.29, 1.82) is 0 Å². The monoisotopic (exact) mass is 159 g/mol. The average Bonchev–Trinajstić information content (AvgIpc) is 2.54. The molecule has 3 nitrogen and oxygen atoms in total. The van der Waals surface area contributed by atoms with Gasteiger partial charge in [0, 0.05) is 5.56 Å². The van der Waals surface area contributed by atoms with Crippen LogP contribution < -0.4 is 5.84 Å². The van der Waals surface area contributed by atoms with E-state index in [1.54, 1.807) is 12.4 Å². The first-order chi connectivity index (χ1) is 5.86. The van der Waals surface area contributed by atoms with Crippen molar-refractivity contribution in [1.82, 2.24) is 9.89 Å². The minimum Gasteiger partial charge on any atom is -0.323 e. The number of hydrogen-bond acceptors (Lipinski definition) is 2. The average molecular weight is 159 g/mol. The molecule has 2 rings (SSSR count). The van der Waals surface area contributed by atoms with Crippen molar-refractivity contribution in [2.24, 2.45) is 0 Å². The molecule has 3 heteroatoms. The number of aromatic nitrogens is 2. The van der Waals surface area contributed by atoms with Crippen molar-refractivity contribution in [3.05, 3.63) is 42.7 Å². The molecule has 1 heterocycles. The van der Waals surface area contributed by atoms with E-state index in [0.717, 1.165) is 11.1 Å². The van der Waals surface area contributed by atoms with Crippen LogP contribution in [0.1, 0.15) is 0 Å². The highest BCUT2D eigenvalue weighted by Crippen LogP contribution is 2.16. The molecule has 0 bridgehead atoms. The van der Waals surface area contributed by atoms with E-state index in [-0.39, 0.29) is 0 Å². The van der Waals surface area contributed by atoms with Gasteiger partial charge < -0.3 is 5.84 Å². The second kappa shape index (κ2) is 2.70. The third-order valence-corrected chi connectivity index (χ3v) is 1.71. The van der Waals surface area contributed by atoms with E-state index in [2.05, 4.69) is 5.10 Å². The van der Waals surface area contributed by atoms with Gasteiger partial charge in [-0.2, -0.15) is 9.89 Å². The Morgan fingerprint density at radius 3 is 2.42 bits per heavy atom. The quantitative estimate of drug-likeness (QED) is 0.636. The van der Waals surface area contributed by atoms with E-state index in [0.29, 0.717) is 0 Å². The van der Waals surface area contributed by atoms with Gasteiger partial charge in [0.15, 0.2) is 0 Å². The van der Waals surface area contributed by atoms with Gasteiger partial charge in [0.1, 0.15) is 0 Å². The zero-order valence-electron chi connectivity index (χ0n) is 6.51. The topological polar surface area (TPSA) is 43.8 Å². The second-order valence-corrected chi connectivity index (χ2v) is 2.58. The second-order valence-electron chi connectivity index (χ2n) is 2.58. The smallest absolute Gasteiger partial charge is 0.0589 e. The zero-order chi connectivity index (χ0) is 8.39. The maximum atomic E-state index is 5.42. The van der Waals surface area contributed by atoms with Crippen molar-refractivity contribution in [3.8, 4) is 11.1 Å². The molecule has 0 amide bonds. The Morgan fingerprint density at radius 2 is 1.83 bits per heavy atom. The van der Waals surface area contributed by atoms with Gasteiger partial charge in [0.05, 0.1) is 12.4 Å². The van der Waals surface area contributed by atoms with E-state index in [1.165, 1.54) is 4.79 Å². The van der Waals surface area contributed by atoms with Gasteiger partial charge in [-0.1, -0.05) is 30.3 Å². The van der Waals surface area contributed by atoms with Crippen LogP contribution >= 0.6 is 0 Å². The molecule has 0 unspecified atom stereocenters. The molecule has 0 saturated carbocycles. The Bertz CT molecular complexity index is 364. The lowest BCUT2D eigenvalue weighted by atomic mass is 10.1. The highest BCUT2D eigenvalue weighted by molar-refractivity contribution is 5.61.